The number of thiocarbonyl (C=S) groups is 1. The molecule has 1 aromatic carbocycles. The number of rotatable bonds is 1. The lowest BCUT2D eigenvalue weighted by molar-refractivity contribution is -0.115. The maximum atomic E-state index is 11.4. The van der Waals surface area contributed by atoms with Gasteiger partial charge in [0.2, 0.25) is 0 Å². The lowest BCUT2D eigenvalue weighted by Gasteiger charge is -2.13. The highest BCUT2D eigenvalue weighted by atomic mass is 32.1. The second-order valence-corrected chi connectivity index (χ2v) is 3.11. The van der Waals surface area contributed by atoms with Gasteiger partial charge in [0.1, 0.15) is 0 Å². The van der Waals surface area contributed by atoms with E-state index in [2.05, 4.69) is 5.32 Å². The topological polar surface area (TPSA) is 32.3 Å². The zero-order valence-corrected chi connectivity index (χ0v) is 7.67. The van der Waals surface area contributed by atoms with Gasteiger partial charge in [-0.05, 0) is 24.4 Å². The second kappa shape index (κ2) is 3.14. The largest absolute Gasteiger partial charge is 0.353 e. The SMILES string of the molecule is O=C1CNC(=S)N1c1ccccc1. The van der Waals surface area contributed by atoms with Gasteiger partial charge >= 0.3 is 0 Å². The van der Waals surface area contributed by atoms with Gasteiger partial charge in [-0.3, -0.25) is 9.69 Å². The Labute approximate surface area is 81.4 Å². The maximum Gasteiger partial charge on any atom is 0.252 e. The van der Waals surface area contributed by atoms with Gasteiger partial charge in [-0.25, -0.2) is 0 Å². The summed E-state index contributed by atoms with van der Waals surface area (Å²) in [6.45, 7) is 0.299. The number of carbonyl (C=O) groups excluding carboxylic acids is 1. The van der Waals surface area contributed by atoms with Gasteiger partial charge in [0.25, 0.3) is 5.91 Å². The molecule has 3 nitrogen and oxygen atoms in total. The van der Waals surface area contributed by atoms with Crippen LogP contribution in [0.2, 0.25) is 0 Å². The van der Waals surface area contributed by atoms with Gasteiger partial charge in [0.05, 0.1) is 12.2 Å². The summed E-state index contributed by atoms with van der Waals surface area (Å²) in [7, 11) is 0. The average Bonchev–Trinajstić information content (AvgIpc) is 2.48. The van der Waals surface area contributed by atoms with Crippen molar-refractivity contribution in [2.75, 3.05) is 11.4 Å². The van der Waals surface area contributed by atoms with Gasteiger partial charge in [0.15, 0.2) is 5.11 Å². The Hall–Kier alpha value is -1.42. The van der Waals surface area contributed by atoms with Crippen LogP contribution in [0.25, 0.3) is 0 Å². The minimum absolute atomic E-state index is 0.00352. The molecule has 0 atom stereocenters. The average molecular weight is 192 g/mol. The molecule has 4 heteroatoms. The normalized spacial score (nSPS) is 16.2. The summed E-state index contributed by atoms with van der Waals surface area (Å²) in [5.74, 6) is -0.00352. The summed E-state index contributed by atoms with van der Waals surface area (Å²) in [6.07, 6.45) is 0. The van der Waals surface area contributed by atoms with E-state index in [1.807, 2.05) is 30.3 Å². The first-order valence-electron chi connectivity index (χ1n) is 3.95. The van der Waals surface area contributed by atoms with Crippen LogP contribution in [-0.2, 0) is 4.79 Å². The Kier molecular flexibility index (Phi) is 1.98. The fourth-order valence-corrected chi connectivity index (χ4v) is 1.54. The first-order chi connectivity index (χ1) is 6.29. The molecule has 0 radical (unpaired) electrons. The summed E-state index contributed by atoms with van der Waals surface area (Å²) in [5, 5.41) is 3.31. The van der Waals surface area contributed by atoms with Crippen LogP contribution in [0.1, 0.15) is 0 Å². The highest BCUT2D eigenvalue weighted by Crippen LogP contribution is 2.15. The van der Waals surface area contributed by atoms with Crippen molar-refractivity contribution in [2.45, 2.75) is 0 Å². The Bertz CT molecular complexity index is 334. The molecule has 1 fully saturated rings. The van der Waals surface area contributed by atoms with Crippen LogP contribution in [0.15, 0.2) is 30.3 Å². The molecule has 1 aromatic rings. The van der Waals surface area contributed by atoms with Gasteiger partial charge in [0, 0.05) is 0 Å². The molecule has 1 saturated heterocycles. The minimum atomic E-state index is -0.00352. The van der Waals surface area contributed by atoms with Crippen LogP contribution in [-0.4, -0.2) is 17.6 Å². The molecule has 0 spiro atoms. The number of anilines is 1. The highest BCUT2D eigenvalue weighted by molar-refractivity contribution is 7.80. The lowest BCUT2D eigenvalue weighted by atomic mass is 10.3. The molecule has 1 N–H and O–H groups in total. The summed E-state index contributed by atoms with van der Waals surface area (Å²) < 4.78 is 0. The number of benzene rings is 1. The third-order valence-corrected chi connectivity index (χ3v) is 2.18. The van der Waals surface area contributed by atoms with Crippen LogP contribution < -0.4 is 10.2 Å². The minimum Gasteiger partial charge on any atom is -0.353 e. The third-order valence-electron chi connectivity index (χ3n) is 1.86. The van der Waals surface area contributed by atoms with Crippen molar-refractivity contribution in [1.29, 1.82) is 0 Å². The maximum absolute atomic E-state index is 11.4. The number of nitrogens with one attached hydrogen (secondary N) is 1. The van der Waals surface area contributed by atoms with E-state index in [-0.39, 0.29) is 5.91 Å². The van der Waals surface area contributed by atoms with E-state index in [9.17, 15) is 4.79 Å². The molecule has 13 heavy (non-hydrogen) atoms. The Balaban J connectivity index is 2.36. The molecule has 1 aliphatic rings. The quantitative estimate of drug-likeness (QED) is 0.671. The molecule has 0 unspecified atom stereocenters. The molecule has 2 rings (SSSR count). The predicted octanol–water partition coefficient (Wildman–Crippen LogP) is 0.908. The molecule has 0 aliphatic carbocycles. The van der Waals surface area contributed by atoms with E-state index in [1.54, 1.807) is 0 Å². The summed E-state index contributed by atoms with van der Waals surface area (Å²) in [5.41, 5.74) is 0.822. The van der Waals surface area contributed by atoms with Crippen molar-refractivity contribution >= 4 is 28.9 Å². The third kappa shape index (κ3) is 1.40. The first kappa shape index (κ1) is 8.19. The lowest BCUT2D eigenvalue weighted by Crippen LogP contribution is -2.30. The summed E-state index contributed by atoms with van der Waals surface area (Å²) in [4.78, 5) is 12.9. The number of hydrogen-bond donors (Lipinski definition) is 1. The van der Waals surface area contributed by atoms with Gasteiger partial charge in [-0.1, -0.05) is 18.2 Å². The second-order valence-electron chi connectivity index (χ2n) is 2.72. The molecule has 1 heterocycles. The van der Waals surface area contributed by atoms with Gasteiger partial charge in [-0.15, -0.1) is 0 Å². The molecule has 1 aliphatic heterocycles. The Morgan fingerprint density at radius 3 is 2.54 bits per heavy atom. The monoisotopic (exact) mass is 192 g/mol. The smallest absolute Gasteiger partial charge is 0.252 e. The molecular formula is C9H8N2OS. The molecule has 0 bridgehead atoms. The molecular weight excluding hydrogens is 184 g/mol. The fraction of sp³-hybridized carbons (Fsp3) is 0.111. The molecule has 0 saturated carbocycles. The van der Waals surface area contributed by atoms with Gasteiger partial charge in [-0.2, -0.15) is 0 Å². The molecule has 1 amide bonds. The first-order valence-corrected chi connectivity index (χ1v) is 4.36. The number of nitrogens with zero attached hydrogens (tertiary/aromatic N) is 1. The molecule has 66 valence electrons. The fourth-order valence-electron chi connectivity index (χ4n) is 1.26. The Morgan fingerprint density at radius 1 is 1.31 bits per heavy atom. The number of hydrogen-bond acceptors (Lipinski definition) is 2. The standard InChI is InChI=1S/C9H8N2OS/c12-8-6-10-9(13)11(8)7-4-2-1-3-5-7/h1-5H,6H2,(H,10,13). The van der Waals surface area contributed by atoms with Crippen molar-refractivity contribution in [3.8, 4) is 0 Å². The van der Waals surface area contributed by atoms with Crippen LogP contribution in [0.5, 0.6) is 0 Å². The van der Waals surface area contributed by atoms with Crippen molar-refractivity contribution in [2.24, 2.45) is 0 Å². The van der Waals surface area contributed by atoms with Crippen LogP contribution >= 0.6 is 12.2 Å². The van der Waals surface area contributed by atoms with Crippen LogP contribution in [0, 0.1) is 0 Å². The summed E-state index contributed by atoms with van der Waals surface area (Å²) in [6, 6.07) is 9.38. The zero-order chi connectivity index (χ0) is 9.26. The van der Waals surface area contributed by atoms with E-state index in [1.165, 1.54) is 4.90 Å². The predicted molar refractivity (Wildman–Crippen MR) is 54.5 cm³/mol. The number of carbonyl (C=O) groups is 1. The highest BCUT2D eigenvalue weighted by Gasteiger charge is 2.26. The van der Waals surface area contributed by atoms with Crippen molar-refractivity contribution in [3.63, 3.8) is 0 Å². The zero-order valence-electron chi connectivity index (χ0n) is 6.86. The van der Waals surface area contributed by atoms with Crippen molar-refractivity contribution in [1.82, 2.24) is 5.32 Å². The van der Waals surface area contributed by atoms with Gasteiger partial charge < -0.3 is 5.32 Å². The van der Waals surface area contributed by atoms with Crippen molar-refractivity contribution < 1.29 is 4.79 Å². The van der Waals surface area contributed by atoms with Crippen molar-refractivity contribution in [3.05, 3.63) is 30.3 Å². The van der Waals surface area contributed by atoms with E-state index in [0.29, 0.717) is 11.7 Å². The number of amides is 1. The van der Waals surface area contributed by atoms with E-state index >= 15 is 0 Å². The number of para-hydroxylation sites is 1. The van der Waals surface area contributed by atoms with E-state index < -0.39 is 0 Å². The summed E-state index contributed by atoms with van der Waals surface area (Å²) >= 11 is 4.99. The van der Waals surface area contributed by atoms with E-state index in [4.69, 9.17) is 12.2 Å². The van der Waals surface area contributed by atoms with E-state index in [0.717, 1.165) is 5.69 Å². The molecule has 0 aromatic heterocycles. The van der Waals surface area contributed by atoms with Crippen LogP contribution in [0.3, 0.4) is 0 Å². The van der Waals surface area contributed by atoms with Crippen LogP contribution in [0.4, 0.5) is 5.69 Å². The Morgan fingerprint density at radius 2 is 2.00 bits per heavy atom.